The van der Waals surface area contributed by atoms with Crippen molar-refractivity contribution in [1.29, 1.82) is 0 Å². The molecule has 1 aromatic carbocycles. The Hall–Kier alpha value is -1.13. The third-order valence-electron chi connectivity index (χ3n) is 4.30. The highest BCUT2D eigenvalue weighted by molar-refractivity contribution is 9.10. The van der Waals surface area contributed by atoms with E-state index >= 15 is 0 Å². The lowest BCUT2D eigenvalue weighted by atomic mass is 10.1. The van der Waals surface area contributed by atoms with Gasteiger partial charge < -0.3 is 10.1 Å². The first-order valence-corrected chi connectivity index (χ1v) is 8.03. The van der Waals surface area contributed by atoms with Gasteiger partial charge in [0.1, 0.15) is 5.82 Å². The number of fused-ring (bicyclic) bond motifs is 1. The number of pyridine rings is 1. The highest BCUT2D eigenvalue weighted by Gasteiger charge is 2.40. The quantitative estimate of drug-likeness (QED) is 0.923. The zero-order valence-electron chi connectivity index (χ0n) is 11.2. The van der Waals surface area contributed by atoms with Crippen molar-refractivity contribution in [2.24, 2.45) is 5.92 Å². The van der Waals surface area contributed by atoms with Crippen LogP contribution in [0.4, 0.5) is 5.82 Å². The highest BCUT2D eigenvalue weighted by atomic mass is 79.9. The summed E-state index contributed by atoms with van der Waals surface area (Å²) in [5.74, 6) is 1.74. The van der Waals surface area contributed by atoms with Crippen molar-refractivity contribution < 1.29 is 4.74 Å². The van der Waals surface area contributed by atoms with Crippen molar-refractivity contribution in [3.63, 3.8) is 0 Å². The summed E-state index contributed by atoms with van der Waals surface area (Å²) in [7, 11) is 0. The predicted molar refractivity (Wildman–Crippen MR) is 83.9 cm³/mol. The molecule has 1 saturated carbocycles. The summed E-state index contributed by atoms with van der Waals surface area (Å²) in [5.41, 5.74) is 0. The van der Waals surface area contributed by atoms with Crippen LogP contribution in [-0.2, 0) is 4.74 Å². The number of aromatic nitrogens is 1. The molecule has 4 heteroatoms. The third kappa shape index (κ3) is 2.21. The Bertz CT molecular complexity index is 641. The number of hydrogen-bond acceptors (Lipinski definition) is 3. The average molecular weight is 333 g/mol. The lowest BCUT2D eigenvalue weighted by Crippen LogP contribution is -2.31. The van der Waals surface area contributed by atoms with Crippen LogP contribution in [0.15, 0.2) is 34.9 Å². The number of anilines is 1. The second-order valence-corrected chi connectivity index (χ2v) is 6.56. The second-order valence-electron chi connectivity index (χ2n) is 5.71. The molecule has 3 nitrogen and oxygen atoms in total. The fourth-order valence-electron chi connectivity index (χ4n) is 3.11. The molecule has 0 amide bonds. The molecule has 2 aromatic rings. The van der Waals surface area contributed by atoms with E-state index in [2.05, 4.69) is 44.4 Å². The van der Waals surface area contributed by atoms with Crippen molar-refractivity contribution in [3.8, 4) is 0 Å². The molecule has 1 aliphatic carbocycles. The maximum atomic E-state index is 5.90. The van der Waals surface area contributed by atoms with E-state index in [-0.39, 0.29) is 0 Å². The Morgan fingerprint density at radius 1 is 1.15 bits per heavy atom. The topological polar surface area (TPSA) is 34.1 Å². The molecule has 104 valence electrons. The van der Waals surface area contributed by atoms with Gasteiger partial charge in [0.05, 0.1) is 12.1 Å². The van der Waals surface area contributed by atoms with Crippen LogP contribution < -0.4 is 5.32 Å². The van der Waals surface area contributed by atoms with Gasteiger partial charge in [0.15, 0.2) is 0 Å². The molecule has 2 unspecified atom stereocenters. The molecule has 0 bridgehead atoms. The van der Waals surface area contributed by atoms with Crippen LogP contribution in [0.1, 0.15) is 19.3 Å². The van der Waals surface area contributed by atoms with E-state index in [1.54, 1.807) is 0 Å². The van der Waals surface area contributed by atoms with Crippen LogP contribution in [0.5, 0.6) is 0 Å². The minimum absolute atomic E-state index is 0.374. The van der Waals surface area contributed by atoms with Gasteiger partial charge in [-0.2, -0.15) is 0 Å². The van der Waals surface area contributed by atoms with Gasteiger partial charge in [0, 0.05) is 28.0 Å². The number of benzene rings is 1. The van der Waals surface area contributed by atoms with E-state index in [0.717, 1.165) is 29.2 Å². The van der Waals surface area contributed by atoms with Crippen molar-refractivity contribution in [1.82, 2.24) is 4.98 Å². The molecular formula is C16H17BrN2O. The number of hydrogen-bond donors (Lipinski definition) is 1. The Morgan fingerprint density at radius 3 is 2.90 bits per heavy atom. The van der Waals surface area contributed by atoms with E-state index in [1.807, 2.05) is 12.3 Å². The zero-order valence-corrected chi connectivity index (χ0v) is 12.8. The van der Waals surface area contributed by atoms with Gasteiger partial charge in [0.25, 0.3) is 0 Å². The molecule has 1 N–H and O–H groups in total. The fourth-order valence-corrected chi connectivity index (χ4v) is 3.61. The van der Waals surface area contributed by atoms with Gasteiger partial charge >= 0.3 is 0 Å². The molecule has 1 saturated heterocycles. The van der Waals surface area contributed by atoms with Crippen molar-refractivity contribution in [2.45, 2.75) is 31.4 Å². The van der Waals surface area contributed by atoms with Crippen LogP contribution >= 0.6 is 15.9 Å². The van der Waals surface area contributed by atoms with E-state index < -0.39 is 0 Å². The minimum Gasteiger partial charge on any atom is -0.376 e. The normalized spacial score (nSPS) is 26.1. The Kier molecular flexibility index (Phi) is 3.15. The molecule has 2 atom stereocenters. The molecule has 0 spiro atoms. The van der Waals surface area contributed by atoms with E-state index in [1.165, 1.54) is 23.6 Å². The average Bonchev–Trinajstić information content (AvgIpc) is 3.20. The summed E-state index contributed by atoms with van der Waals surface area (Å²) in [4.78, 5) is 4.54. The van der Waals surface area contributed by atoms with E-state index in [0.29, 0.717) is 12.1 Å². The van der Waals surface area contributed by atoms with Crippen LogP contribution in [0.2, 0.25) is 0 Å². The lowest BCUT2D eigenvalue weighted by molar-refractivity contribution is 0.0898. The summed E-state index contributed by atoms with van der Waals surface area (Å²) < 4.78 is 7.01. The lowest BCUT2D eigenvalue weighted by Gasteiger charge is -2.21. The zero-order chi connectivity index (χ0) is 13.5. The third-order valence-corrected chi connectivity index (χ3v) is 4.99. The van der Waals surface area contributed by atoms with Gasteiger partial charge in [-0.05, 0) is 37.3 Å². The van der Waals surface area contributed by atoms with E-state index in [4.69, 9.17) is 4.74 Å². The number of nitrogens with one attached hydrogen (secondary N) is 1. The molecule has 4 rings (SSSR count). The first kappa shape index (κ1) is 12.6. The molecular weight excluding hydrogens is 316 g/mol. The standard InChI is InChI=1S/C16H17BrN2O/c17-13-3-1-2-12-11(13)6-8-18-16(12)19-14-7-9-20-15(14)10-4-5-10/h1-3,6,8,10,14-15H,4-5,7,9H2,(H,18,19). The van der Waals surface area contributed by atoms with Gasteiger partial charge in [-0.25, -0.2) is 4.98 Å². The van der Waals surface area contributed by atoms with Crippen LogP contribution in [0.3, 0.4) is 0 Å². The summed E-state index contributed by atoms with van der Waals surface area (Å²) in [6, 6.07) is 8.70. The largest absolute Gasteiger partial charge is 0.376 e. The van der Waals surface area contributed by atoms with Crippen LogP contribution in [-0.4, -0.2) is 23.7 Å². The summed E-state index contributed by atoms with van der Waals surface area (Å²) in [6.07, 6.45) is 5.96. The van der Waals surface area contributed by atoms with Gasteiger partial charge in [-0.1, -0.05) is 28.1 Å². The number of nitrogens with zero attached hydrogens (tertiary/aromatic N) is 1. The number of rotatable bonds is 3. The van der Waals surface area contributed by atoms with Crippen LogP contribution in [0.25, 0.3) is 10.8 Å². The van der Waals surface area contributed by atoms with Crippen LogP contribution in [0, 0.1) is 5.92 Å². The maximum absolute atomic E-state index is 5.90. The summed E-state index contributed by atoms with van der Waals surface area (Å²) >= 11 is 3.61. The number of halogens is 1. The molecule has 2 heterocycles. The van der Waals surface area contributed by atoms with Crippen molar-refractivity contribution >= 4 is 32.5 Å². The first-order chi connectivity index (χ1) is 9.83. The molecule has 2 fully saturated rings. The maximum Gasteiger partial charge on any atom is 0.134 e. The molecule has 0 radical (unpaired) electrons. The first-order valence-electron chi connectivity index (χ1n) is 7.24. The van der Waals surface area contributed by atoms with Crippen molar-refractivity contribution in [2.75, 3.05) is 11.9 Å². The number of ether oxygens (including phenoxy) is 1. The summed E-state index contributed by atoms with van der Waals surface area (Å²) in [6.45, 7) is 0.868. The van der Waals surface area contributed by atoms with Crippen molar-refractivity contribution in [3.05, 3.63) is 34.9 Å². The smallest absolute Gasteiger partial charge is 0.134 e. The van der Waals surface area contributed by atoms with Gasteiger partial charge in [-0.15, -0.1) is 0 Å². The molecule has 2 aliphatic rings. The Morgan fingerprint density at radius 2 is 2.05 bits per heavy atom. The van der Waals surface area contributed by atoms with Gasteiger partial charge in [-0.3, -0.25) is 0 Å². The molecule has 20 heavy (non-hydrogen) atoms. The second kappa shape index (κ2) is 5.01. The molecule has 1 aliphatic heterocycles. The van der Waals surface area contributed by atoms with E-state index in [9.17, 15) is 0 Å². The Balaban J connectivity index is 1.66. The molecule has 1 aromatic heterocycles. The fraction of sp³-hybridized carbons (Fsp3) is 0.438. The SMILES string of the molecule is Brc1cccc2c(NC3CCOC3C3CC3)nccc12. The summed E-state index contributed by atoms with van der Waals surface area (Å²) in [5, 5.41) is 6.00. The Labute approximate surface area is 126 Å². The minimum atomic E-state index is 0.374. The monoisotopic (exact) mass is 332 g/mol. The van der Waals surface area contributed by atoms with Gasteiger partial charge in [0.2, 0.25) is 0 Å². The predicted octanol–water partition coefficient (Wildman–Crippen LogP) is 3.98. The highest BCUT2D eigenvalue weighted by Crippen LogP contribution is 2.40.